The minimum atomic E-state index is -4.65. The highest BCUT2D eigenvalue weighted by atomic mass is 35.5. The molecule has 21 heavy (non-hydrogen) atoms. The summed E-state index contributed by atoms with van der Waals surface area (Å²) in [5.74, 6) is 0. The van der Waals surface area contributed by atoms with E-state index in [0.717, 1.165) is 12.1 Å². The lowest BCUT2D eigenvalue weighted by Crippen LogP contribution is -2.38. The van der Waals surface area contributed by atoms with Gasteiger partial charge < -0.3 is 5.73 Å². The van der Waals surface area contributed by atoms with Crippen molar-refractivity contribution < 1.29 is 21.6 Å². The molecule has 1 aromatic carbocycles. The van der Waals surface area contributed by atoms with Gasteiger partial charge in [-0.15, -0.1) is 0 Å². The Labute approximate surface area is 130 Å². The van der Waals surface area contributed by atoms with Crippen molar-refractivity contribution in [3.8, 4) is 0 Å². The zero-order chi connectivity index (χ0) is 16.4. The number of alkyl halides is 3. The van der Waals surface area contributed by atoms with Crippen molar-refractivity contribution in [3.63, 3.8) is 0 Å². The van der Waals surface area contributed by atoms with E-state index in [2.05, 4.69) is 0 Å². The molecule has 120 valence electrons. The quantitative estimate of drug-likeness (QED) is 0.873. The van der Waals surface area contributed by atoms with E-state index in [4.69, 9.17) is 28.9 Å². The van der Waals surface area contributed by atoms with Crippen LogP contribution < -0.4 is 5.73 Å². The summed E-state index contributed by atoms with van der Waals surface area (Å²) in [5, 5.41) is -0.0989. The highest BCUT2D eigenvalue weighted by Crippen LogP contribution is 2.31. The summed E-state index contributed by atoms with van der Waals surface area (Å²) in [4.78, 5) is -0.444. The van der Waals surface area contributed by atoms with Gasteiger partial charge in [-0.1, -0.05) is 30.1 Å². The van der Waals surface area contributed by atoms with Gasteiger partial charge in [-0.25, -0.2) is 8.42 Å². The molecule has 0 aliphatic rings. The van der Waals surface area contributed by atoms with Gasteiger partial charge in [0.1, 0.15) is 11.4 Å². The lowest BCUT2D eigenvalue weighted by atomic mass is 10.2. The van der Waals surface area contributed by atoms with Crippen LogP contribution in [0.2, 0.25) is 10.0 Å². The first-order chi connectivity index (χ1) is 9.52. The molecule has 0 saturated carbocycles. The first-order valence-corrected chi connectivity index (χ1v) is 7.97. The predicted octanol–water partition coefficient (Wildman–Crippen LogP) is 3.03. The molecule has 0 heterocycles. The highest BCUT2D eigenvalue weighted by Gasteiger charge is 2.37. The lowest BCUT2D eigenvalue weighted by Gasteiger charge is -2.22. The number of halogens is 5. The molecule has 0 aliphatic heterocycles. The van der Waals surface area contributed by atoms with Crippen LogP contribution in [0.3, 0.4) is 0 Å². The number of benzene rings is 1. The molecular weight excluding hydrogens is 352 g/mol. The Bertz CT molecular complexity index is 621. The Balaban J connectivity index is 3.35. The third kappa shape index (κ3) is 4.46. The van der Waals surface area contributed by atoms with Gasteiger partial charge in [0.15, 0.2) is 0 Å². The van der Waals surface area contributed by atoms with Gasteiger partial charge in [0.2, 0.25) is 10.0 Å². The highest BCUT2D eigenvalue weighted by molar-refractivity contribution is 7.89. The van der Waals surface area contributed by atoms with E-state index in [1.165, 1.54) is 6.92 Å². The van der Waals surface area contributed by atoms with Crippen LogP contribution in [-0.4, -0.2) is 32.0 Å². The molecule has 10 heteroatoms. The maximum atomic E-state index is 12.5. The summed E-state index contributed by atoms with van der Waals surface area (Å²) in [6, 6.07) is 2.25. The number of nitrogens with zero attached hydrogens (tertiary/aromatic N) is 1. The van der Waals surface area contributed by atoms with Gasteiger partial charge in [0.05, 0.1) is 5.02 Å². The molecule has 0 radical (unpaired) electrons. The van der Waals surface area contributed by atoms with Crippen molar-refractivity contribution in [2.75, 3.05) is 13.1 Å². The lowest BCUT2D eigenvalue weighted by molar-refractivity contribution is -0.135. The van der Waals surface area contributed by atoms with Crippen molar-refractivity contribution in [1.29, 1.82) is 0 Å². The van der Waals surface area contributed by atoms with E-state index >= 15 is 0 Å². The van der Waals surface area contributed by atoms with E-state index in [9.17, 15) is 21.6 Å². The van der Waals surface area contributed by atoms with Crippen LogP contribution in [0, 0.1) is 0 Å². The number of hydrogen-bond donors (Lipinski definition) is 1. The van der Waals surface area contributed by atoms with E-state index in [1.807, 2.05) is 0 Å². The summed E-state index contributed by atoms with van der Waals surface area (Å²) in [5.41, 5.74) is 5.69. The number of rotatable bonds is 5. The second kappa shape index (κ2) is 6.70. The number of hydrogen-bond acceptors (Lipinski definition) is 3. The van der Waals surface area contributed by atoms with E-state index in [1.54, 1.807) is 0 Å². The Morgan fingerprint density at radius 3 is 2.24 bits per heavy atom. The molecule has 0 fully saturated rings. The van der Waals surface area contributed by atoms with Crippen LogP contribution in [0.1, 0.15) is 12.5 Å². The maximum absolute atomic E-state index is 12.5. The largest absolute Gasteiger partial charge is 0.402 e. The average molecular weight is 365 g/mol. The van der Waals surface area contributed by atoms with E-state index < -0.39 is 27.6 Å². The number of sulfonamides is 1. The zero-order valence-corrected chi connectivity index (χ0v) is 13.2. The van der Waals surface area contributed by atoms with Crippen molar-refractivity contribution >= 4 is 33.2 Å². The molecule has 0 aliphatic carbocycles. The maximum Gasteiger partial charge on any atom is 0.402 e. The summed E-state index contributed by atoms with van der Waals surface area (Å²) in [6.07, 6.45) is -4.65. The van der Waals surface area contributed by atoms with Crippen LogP contribution in [0.4, 0.5) is 13.2 Å². The van der Waals surface area contributed by atoms with Crippen LogP contribution in [0.15, 0.2) is 17.0 Å². The molecule has 0 atom stereocenters. The summed E-state index contributed by atoms with van der Waals surface area (Å²) in [6.45, 7) is -0.706. The fourth-order valence-electron chi connectivity index (χ4n) is 1.63. The second-order valence-corrected chi connectivity index (χ2v) is 6.85. The first kappa shape index (κ1) is 18.5. The molecule has 1 rings (SSSR count). The average Bonchev–Trinajstić information content (AvgIpc) is 2.34. The summed E-state index contributed by atoms with van der Waals surface area (Å²) >= 11 is 11.6. The van der Waals surface area contributed by atoms with Crippen molar-refractivity contribution in [3.05, 3.63) is 27.7 Å². The Kier molecular flexibility index (Phi) is 5.91. The van der Waals surface area contributed by atoms with Crippen LogP contribution in [0.25, 0.3) is 0 Å². The Hall–Kier alpha value is -0.540. The second-order valence-electron chi connectivity index (χ2n) is 4.12. The van der Waals surface area contributed by atoms with Gasteiger partial charge in [-0.2, -0.15) is 17.5 Å². The van der Waals surface area contributed by atoms with Gasteiger partial charge in [0, 0.05) is 18.1 Å². The molecule has 0 amide bonds. The molecule has 1 aromatic rings. The van der Waals surface area contributed by atoms with Crippen LogP contribution in [-0.2, 0) is 16.6 Å². The van der Waals surface area contributed by atoms with Crippen molar-refractivity contribution in [2.24, 2.45) is 5.73 Å². The monoisotopic (exact) mass is 364 g/mol. The van der Waals surface area contributed by atoms with Gasteiger partial charge in [-0.05, 0) is 17.7 Å². The molecular formula is C11H13Cl2F3N2O2S. The van der Waals surface area contributed by atoms with Crippen LogP contribution in [0.5, 0.6) is 0 Å². The van der Waals surface area contributed by atoms with E-state index in [0.29, 0.717) is 4.31 Å². The summed E-state index contributed by atoms with van der Waals surface area (Å²) in [7, 11) is -4.40. The van der Waals surface area contributed by atoms with Crippen molar-refractivity contribution in [1.82, 2.24) is 4.31 Å². The normalized spacial score (nSPS) is 13.0. The Morgan fingerprint density at radius 1 is 1.24 bits per heavy atom. The Morgan fingerprint density at radius 2 is 1.81 bits per heavy atom. The first-order valence-electron chi connectivity index (χ1n) is 5.77. The number of nitrogens with two attached hydrogens (primary N) is 1. The summed E-state index contributed by atoms with van der Waals surface area (Å²) < 4.78 is 62.3. The topological polar surface area (TPSA) is 63.4 Å². The minimum Gasteiger partial charge on any atom is -0.326 e. The molecule has 2 N–H and O–H groups in total. The molecule has 0 bridgehead atoms. The van der Waals surface area contributed by atoms with Crippen LogP contribution >= 0.6 is 23.2 Å². The van der Waals surface area contributed by atoms with Gasteiger partial charge >= 0.3 is 6.18 Å². The molecule has 0 saturated heterocycles. The van der Waals surface area contributed by atoms with E-state index in [-0.39, 0.29) is 28.7 Å². The zero-order valence-electron chi connectivity index (χ0n) is 10.9. The standard InChI is InChI=1S/C11H13Cl2F3N2O2S/c1-2-18(6-11(14,15)16)21(19,20)10-3-7(5-17)8(12)4-9(10)13/h3-4H,2,5-6,17H2,1H3. The SMILES string of the molecule is CCN(CC(F)(F)F)S(=O)(=O)c1cc(CN)c(Cl)cc1Cl. The minimum absolute atomic E-state index is 0.0656. The smallest absolute Gasteiger partial charge is 0.326 e. The van der Waals surface area contributed by atoms with Gasteiger partial charge in [-0.3, -0.25) is 0 Å². The molecule has 4 nitrogen and oxygen atoms in total. The fourth-order valence-corrected chi connectivity index (χ4v) is 3.91. The third-order valence-electron chi connectivity index (χ3n) is 2.65. The third-order valence-corrected chi connectivity index (χ3v) is 5.38. The molecule has 0 aromatic heterocycles. The molecule has 0 unspecified atom stereocenters. The molecule has 0 spiro atoms. The van der Waals surface area contributed by atoms with Crippen molar-refractivity contribution in [2.45, 2.75) is 24.5 Å². The fraction of sp³-hybridized carbons (Fsp3) is 0.455. The van der Waals surface area contributed by atoms with Gasteiger partial charge in [0.25, 0.3) is 0 Å². The predicted molar refractivity (Wildman–Crippen MR) is 74.8 cm³/mol.